The molecule has 0 aliphatic heterocycles. The molecule has 0 aliphatic carbocycles. The quantitative estimate of drug-likeness (QED) is 0.833. The molecule has 1 aromatic carbocycles. The molecular formula is C15H24N2OS. The molecule has 0 saturated carbocycles. The Hall–Kier alpha value is -1.00. The zero-order valence-electron chi connectivity index (χ0n) is 12.1. The summed E-state index contributed by atoms with van der Waals surface area (Å²) in [6.45, 7) is 2.76. The number of amides is 1. The van der Waals surface area contributed by atoms with Gasteiger partial charge in [0.05, 0.1) is 6.04 Å². The fraction of sp³-hybridized carbons (Fsp3) is 0.533. The molecule has 1 amide bonds. The lowest BCUT2D eigenvalue weighted by atomic mass is 10.1. The Balaban J connectivity index is 2.52. The van der Waals surface area contributed by atoms with E-state index in [0.29, 0.717) is 6.54 Å². The number of thioether (sulfide) groups is 1. The van der Waals surface area contributed by atoms with Crippen LogP contribution in [0.1, 0.15) is 24.5 Å². The van der Waals surface area contributed by atoms with Crippen LogP contribution in [-0.4, -0.2) is 35.9 Å². The zero-order valence-corrected chi connectivity index (χ0v) is 12.9. The highest BCUT2D eigenvalue weighted by atomic mass is 32.2. The van der Waals surface area contributed by atoms with E-state index in [1.165, 1.54) is 5.56 Å². The Morgan fingerprint density at radius 1 is 1.32 bits per heavy atom. The number of nitrogens with two attached hydrogens (primary N) is 1. The van der Waals surface area contributed by atoms with Gasteiger partial charge in [-0.05, 0) is 36.0 Å². The number of rotatable bonds is 7. The smallest absolute Gasteiger partial charge is 0.239 e. The molecule has 2 N–H and O–H groups in total. The molecule has 0 fully saturated rings. The van der Waals surface area contributed by atoms with E-state index >= 15 is 0 Å². The number of nitrogens with zero attached hydrogens (tertiary/aromatic N) is 1. The number of likely N-dealkylation sites (N-methyl/N-ethyl adjacent to an activating group) is 1. The number of benzene rings is 1. The highest BCUT2D eigenvalue weighted by Crippen LogP contribution is 2.09. The molecular weight excluding hydrogens is 256 g/mol. The minimum atomic E-state index is -0.382. The van der Waals surface area contributed by atoms with Crippen molar-refractivity contribution in [2.45, 2.75) is 32.4 Å². The Morgan fingerprint density at radius 3 is 2.42 bits per heavy atom. The molecule has 1 aromatic rings. The lowest BCUT2D eigenvalue weighted by Gasteiger charge is -2.21. The fourth-order valence-corrected chi connectivity index (χ4v) is 2.37. The first kappa shape index (κ1) is 16.1. The van der Waals surface area contributed by atoms with Crippen LogP contribution >= 0.6 is 11.8 Å². The molecule has 1 rings (SSSR count). The summed E-state index contributed by atoms with van der Waals surface area (Å²) in [6, 6.07) is 8.00. The first-order valence-corrected chi connectivity index (χ1v) is 8.05. The van der Waals surface area contributed by atoms with Crippen molar-refractivity contribution in [1.82, 2.24) is 4.90 Å². The molecule has 0 radical (unpaired) electrons. The number of hydrogen-bond acceptors (Lipinski definition) is 3. The van der Waals surface area contributed by atoms with Gasteiger partial charge in [0.25, 0.3) is 0 Å². The van der Waals surface area contributed by atoms with Gasteiger partial charge in [0.15, 0.2) is 0 Å². The Morgan fingerprint density at radius 2 is 1.89 bits per heavy atom. The predicted octanol–water partition coefficient (Wildman–Crippen LogP) is 2.29. The molecule has 4 heteroatoms. The summed E-state index contributed by atoms with van der Waals surface area (Å²) >= 11 is 1.72. The van der Waals surface area contributed by atoms with Crippen LogP contribution in [-0.2, 0) is 17.8 Å². The molecule has 19 heavy (non-hydrogen) atoms. The third kappa shape index (κ3) is 5.25. The highest BCUT2D eigenvalue weighted by molar-refractivity contribution is 7.98. The second-order valence-electron chi connectivity index (χ2n) is 4.75. The maximum Gasteiger partial charge on any atom is 0.239 e. The van der Waals surface area contributed by atoms with Crippen molar-refractivity contribution in [2.75, 3.05) is 19.1 Å². The molecule has 0 bridgehead atoms. The van der Waals surface area contributed by atoms with Gasteiger partial charge < -0.3 is 10.6 Å². The minimum absolute atomic E-state index is 0.0219. The summed E-state index contributed by atoms with van der Waals surface area (Å²) in [7, 11) is 1.81. The van der Waals surface area contributed by atoms with E-state index in [0.717, 1.165) is 24.2 Å². The summed E-state index contributed by atoms with van der Waals surface area (Å²) in [6.07, 6.45) is 3.80. The topological polar surface area (TPSA) is 46.3 Å². The summed E-state index contributed by atoms with van der Waals surface area (Å²) in [5.74, 6) is 0.944. The van der Waals surface area contributed by atoms with Gasteiger partial charge in [0.1, 0.15) is 0 Å². The van der Waals surface area contributed by atoms with Crippen LogP contribution in [0.15, 0.2) is 24.3 Å². The number of carbonyl (C=O) groups is 1. The number of carbonyl (C=O) groups excluding carboxylic acids is 1. The van der Waals surface area contributed by atoms with E-state index in [-0.39, 0.29) is 11.9 Å². The molecule has 0 spiro atoms. The zero-order chi connectivity index (χ0) is 14.3. The van der Waals surface area contributed by atoms with E-state index < -0.39 is 0 Å². The van der Waals surface area contributed by atoms with Gasteiger partial charge in [-0.3, -0.25) is 4.79 Å². The van der Waals surface area contributed by atoms with Crippen LogP contribution in [0, 0.1) is 0 Å². The summed E-state index contributed by atoms with van der Waals surface area (Å²) in [5, 5.41) is 0. The fourth-order valence-electron chi connectivity index (χ4n) is 1.88. The van der Waals surface area contributed by atoms with E-state index in [4.69, 9.17) is 5.73 Å². The molecule has 1 atom stereocenters. The van der Waals surface area contributed by atoms with Gasteiger partial charge in [-0.25, -0.2) is 0 Å². The van der Waals surface area contributed by atoms with Gasteiger partial charge in [-0.2, -0.15) is 11.8 Å². The first-order valence-electron chi connectivity index (χ1n) is 6.65. The van der Waals surface area contributed by atoms with Crippen LogP contribution in [0.25, 0.3) is 0 Å². The molecule has 106 valence electrons. The Bertz CT molecular complexity index is 392. The lowest BCUT2D eigenvalue weighted by Crippen LogP contribution is -2.41. The van der Waals surface area contributed by atoms with Crippen molar-refractivity contribution in [3.05, 3.63) is 35.4 Å². The average molecular weight is 280 g/mol. The Kier molecular flexibility index (Phi) is 6.95. The van der Waals surface area contributed by atoms with Crippen molar-refractivity contribution >= 4 is 17.7 Å². The van der Waals surface area contributed by atoms with Crippen molar-refractivity contribution in [3.8, 4) is 0 Å². The van der Waals surface area contributed by atoms with Crippen LogP contribution in [0.5, 0.6) is 0 Å². The average Bonchev–Trinajstić information content (AvgIpc) is 2.44. The van der Waals surface area contributed by atoms with Crippen LogP contribution < -0.4 is 5.73 Å². The van der Waals surface area contributed by atoms with E-state index in [9.17, 15) is 4.79 Å². The third-order valence-electron chi connectivity index (χ3n) is 3.18. The summed E-state index contributed by atoms with van der Waals surface area (Å²) in [4.78, 5) is 13.8. The predicted molar refractivity (Wildman–Crippen MR) is 83.3 cm³/mol. The normalized spacial score (nSPS) is 12.2. The third-order valence-corrected chi connectivity index (χ3v) is 3.82. The van der Waals surface area contributed by atoms with Crippen molar-refractivity contribution in [3.63, 3.8) is 0 Å². The molecule has 0 aliphatic rings. The molecule has 0 saturated heterocycles. The van der Waals surface area contributed by atoms with Gasteiger partial charge in [0, 0.05) is 13.6 Å². The maximum absolute atomic E-state index is 12.1. The van der Waals surface area contributed by atoms with Crippen LogP contribution in [0.2, 0.25) is 0 Å². The lowest BCUT2D eigenvalue weighted by molar-refractivity contribution is -0.131. The van der Waals surface area contributed by atoms with Crippen molar-refractivity contribution in [1.29, 1.82) is 0 Å². The standard InChI is InChI=1S/C15H24N2OS/c1-4-12-5-7-13(8-6-12)11-17(2)15(18)14(16)9-10-19-3/h5-8,14H,4,9-11,16H2,1-3H3/t14-/m0/s1. The molecule has 3 nitrogen and oxygen atoms in total. The van der Waals surface area contributed by atoms with E-state index in [2.05, 4.69) is 31.2 Å². The van der Waals surface area contributed by atoms with E-state index in [1.54, 1.807) is 16.7 Å². The van der Waals surface area contributed by atoms with Crippen LogP contribution in [0.3, 0.4) is 0 Å². The first-order chi connectivity index (χ1) is 9.08. The van der Waals surface area contributed by atoms with Gasteiger partial charge >= 0.3 is 0 Å². The highest BCUT2D eigenvalue weighted by Gasteiger charge is 2.17. The number of hydrogen-bond donors (Lipinski definition) is 1. The Labute approximate surface area is 120 Å². The minimum Gasteiger partial charge on any atom is -0.340 e. The van der Waals surface area contributed by atoms with Crippen LogP contribution in [0.4, 0.5) is 0 Å². The van der Waals surface area contributed by atoms with E-state index in [1.807, 2.05) is 13.3 Å². The van der Waals surface area contributed by atoms with Crippen molar-refractivity contribution < 1.29 is 4.79 Å². The second-order valence-corrected chi connectivity index (χ2v) is 5.74. The van der Waals surface area contributed by atoms with Crippen molar-refractivity contribution in [2.24, 2.45) is 5.73 Å². The van der Waals surface area contributed by atoms with Gasteiger partial charge in [-0.1, -0.05) is 31.2 Å². The second kappa shape index (κ2) is 8.23. The molecule has 0 aromatic heterocycles. The molecule has 0 heterocycles. The largest absolute Gasteiger partial charge is 0.340 e. The monoisotopic (exact) mass is 280 g/mol. The maximum atomic E-state index is 12.1. The summed E-state index contributed by atoms with van der Waals surface area (Å²) < 4.78 is 0. The van der Waals surface area contributed by atoms with Gasteiger partial charge in [-0.15, -0.1) is 0 Å². The SMILES string of the molecule is CCc1ccc(CN(C)C(=O)[C@@H](N)CCSC)cc1. The summed E-state index contributed by atoms with van der Waals surface area (Å²) in [5.41, 5.74) is 8.36. The number of aryl methyl sites for hydroxylation is 1. The van der Waals surface area contributed by atoms with Gasteiger partial charge in [0.2, 0.25) is 5.91 Å². The molecule has 0 unspecified atom stereocenters.